The van der Waals surface area contributed by atoms with Gasteiger partial charge in [-0.05, 0) is 12.1 Å². The highest BCUT2D eigenvalue weighted by atomic mass is 32.2. The van der Waals surface area contributed by atoms with Gasteiger partial charge < -0.3 is 0 Å². The molecule has 0 aliphatic rings. The first-order chi connectivity index (χ1) is 6.02. The molecule has 0 radical (unpaired) electrons. The second-order valence-corrected chi connectivity index (χ2v) is 3.67. The van der Waals surface area contributed by atoms with E-state index in [0.717, 1.165) is 0 Å². The van der Waals surface area contributed by atoms with Crippen molar-refractivity contribution in [3.05, 3.63) is 49.2 Å². The average molecular weight is 197 g/mol. The van der Waals surface area contributed by atoms with Gasteiger partial charge in [-0.15, -0.1) is 5.73 Å². The van der Waals surface area contributed by atoms with Gasteiger partial charge in [0.05, 0.1) is 4.90 Å². The zero-order valence-corrected chi connectivity index (χ0v) is 7.92. The second kappa shape index (κ2) is 5.32. The first kappa shape index (κ1) is 11.6. The minimum absolute atomic E-state index is 0.148. The van der Waals surface area contributed by atoms with E-state index in [9.17, 15) is 8.42 Å². The Labute approximate surface area is 78.3 Å². The molecule has 0 amide bonds. The maximum absolute atomic E-state index is 10.6. The van der Waals surface area contributed by atoms with Crippen LogP contribution in [-0.4, -0.2) is 8.42 Å². The normalized spacial score (nSPS) is 9.31. The third kappa shape index (κ3) is 4.98. The Kier molecular flexibility index (Phi) is 4.77. The monoisotopic (exact) mass is 197 g/mol. The molecule has 0 fully saturated rings. The van der Waals surface area contributed by atoms with E-state index in [-0.39, 0.29) is 4.90 Å². The van der Waals surface area contributed by atoms with Crippen molar-refractivity contribution in [3.8, 4) is 0 Å². The van der Waals surface area contributed by atoms with E-state index >= 15 is 0 Å². The number of primary sulfonamides is 1. The van der Waals surface area contributed by atoms with Crippen molar-refractivity contribution in [2.24, 2.45) is 5.14 Å². The van der Waals surface area contributed by atoms with Crippen LogP contribution in [0.1, 0.15) is 0 Å². The van der Waals surface area contributed by atoms with Gasteiger partial charge in [0.25, 0.3) is 0 Å². The first-order valence-corrected chi connectivity index (χ1v) is 4.94. The van der Waals surface area contributed by atoms with Crippen LogP contribution in [0.3, 0.4) is 0 Å². The summed E-state index contributed by atoms with van der Waals surface area (Å²) >= 11 is 0. The van der Waals surface area contributed by atoms with Crippen molar-refractivity contribution in [3.63, 3.8) is 0 Å². The van der Waals surface area contributed by atoms with Crippen LogP contribution in [0.25, 0.3) is 0 Å². The van der Waals surface area contributed by atoms with Crippen molar-refractivity contribution in [1.29, 1.82) is 0 Å². The van der Waals surface area contributed by atoms with Crippen molar-refractivity contribution >= 4 is 10.0 Å². The summed E-state index contributed by atoms with van der Waals surface area (Å²) in [6, 6.07) is 7.89. The Hall–Kier alpha value is -1.35. The van der Waals surface area contributed by atoms with Crippen molar-refractivity contribution < 1.29 is 8.42 Å². The molecular formula is C9H11NO2S. The van der Waals surface area contributed by atoms with Crippen LogP contribution in [0, 0.1) is 0 Å². The van der Waals surface area contributed by atoms with Crippen molar-refractivity contribution in [2.45, 2.75) is 4.90 Å². The average Bonchev–Trinajstić information content (AvgIpc) is 2.06. The molecule has 2 N–H and O–H groups in total. The third-order valence-corrected chi connectivity index (χ3v) is 2.00. The molecular weight excluding hydrogens is 186 g/mol. The van der Waals surface area contributed by atoms with E-state index in [0.29, 0.717) is 0 Å². The van der Waals surface area contributed by atoms with Crippen LogP contribution in [-0.2, 0) is 10.0 Å². The molecule has 0 saturated heterocycles. The van der Waals surface area contributed by atoms with E-state index in [4.69, 9.17) is 5.14 Å². The summed E-state index contributed by atoms with van der Waals surface area (Å²) in [5.41, 5.74) is 2.25. The molecule has 0 aliphatic heterocycles. The maximum Gasteiger partial charge on any atom is 0.238 e. The third-order valence-electron chi connectivity index (χ3n) is 1.07. The molecule has 70 valence electrons. The fourth-order valence-electron chi connectivity index (χ4n) is 0.610. The Bertz CT molecular complexity index is 375. The van der Waals surface area contributed by atoms with Crippen LogP contribution < -0.4 is 5.14 Å². The number of nitrogens with two attached hydrogens (primary N) is 1. The molecule has 0 bridgehead atoms. The van der Waals surface area contributed by atoms with E-state index in [2.05, 4.69) is 18.9 Å². The predicted molar refractivity (Wildman–Crippen MR) is 52.6 cm³/mol. The number of benzene rings is 1. The van der Waals surface area contributed by atoms with Gasteiger partial charge in [0, 0.05) is 0 Å². The van der Waals surface area contributed by atoms with E-state index in [1.807, 2.05) is 0 Å². The minimum Gasteiger partial charge on any atom is -0.225 e. The highest BCUT2D eigenvalue weighted by molar-refractivity contribution is 7.89. The molecule has 1 rings (SSSR count). The smallest absolute Gasteiger partial charge is 0.225 e. The van der Waals surface area contributed by atoms with Gasteiger partial charge in [-0.25, -0.2) is 13.6 Å². The Morgan fingerprint density at radius 3 is 1.77 bits per heavy atom. The molecule has 4 heteroatoms. The molecule has 1 aromatic carbocycles. The molecule has 3 nitrogen and oxygen atoms in total. The summed E-state index contributed by atoms with van der Waals surface area (Å²) in [6.07, 6.45) is 0. The van der Waals surface area contributed by atoms with E-state index in [1.165, 1.54) is 12.1 Å². The summed E-state index contributed by atoms with van der Waals surface area (Å²) in [6.45, 7) is 6.25. The lowest BCUT2D eigenvalue weighted by molar-refractivity contribution is 0.598. The van der Waals surface area contributed by atoms with Gasteiger partial charge in [-0.2, -0.15) is 0 Å². The van der Waals surface area contributed by atoms with Gasteiger partial charge in [-0.3, -0.25) is 0 Å². The maximum atomic E-state index is 10.6. The Morgan fingerprint density at radius 1 is 1.15 bits per heavy atom. The quantitative estimate of drug-likeness (QED) is 0.690. The fourth-order valence-corrected chi connectivity index (χ4v) is 1.15. The molecule has 0 heterocycles. The number of hydrogen-bond acceptors (Lipinski definition) is 2. The lowest BCUT2D eigenvalue weighted by atomic mass is 10.4. The molecule has 0 atom stereocenters. The zero-order valence-electron chi connectivity index (χ0n) is 7.10. The largest absolute Gasteiger partial charge is 0.238 e. The highest BCUT2D eigenvalue weighted by Crippen LogP contribution is 2.02. The van der Waals surface area contributed by atoms with E-state index < -0.39 is 10.0 Å². The van der Waals surface area contributed by atoms with Crippen molar-refractivity contribution in [2.75, 3.05) is 0 Å². The van der Waals surface area contributed by atoms with Crippen LogP contribution in [0.5, 0.6) is 0 Å². The van der Waals surface area contributed by atoms with Gasteiger partial charge >= 0.3 is 0 Å². The lowest BCUT2D eigenvalue weighted by Gasteiger charge is -1.93. The summed E-state index contributed by atoms with van der Waals surface area (Å²) in [5.74, 6) is 0. The molecule has 0 unspecified atom stereocenters. The van der Waals surface area contributed by atoms with Crippen LogP contribution >= 0.6 is 0 Å². The molecule has 0 aliphatic carbocycles. The molecule has 0 aromatic heterocycles. The number of rotatable bonds is 1. The number of hydrogen-bond donors (Lipinski definition) is 1. The van der Waals surface area contributed by atoms with Gasteiger partial charge in [0.15, 0.2) is 0 Å². The van der Waals surface area contributed by atoms with Gasteiger partial charge in [-0.1, -0.05) is 31.4 Å². The van der Waals surface area contributed by atoms with Crippen LogP contribution in [0.15, 0.2) is 54.1 Å². The minimum atomic E-state index is -3.50. The summed E-state index contributed by atoms with van der Waals surface area (Å²) in [5, 5.41) is 4.83. The summed E-state index contributed by atoms with van der Waals surface area (Å²) in [4.78, 5) is 0.148. The lowest BCUT2D eigenvalue weighted by Crippen LogP contribution is -2.11. The highest BCUT2D eigenvalue weighted by Gasteiger charge is 2.03. The Balaban J connectivity index is 0.000000424. The fraction of sp³-hybridized carbons (Fsp3) is 0. The zero-order chi connectivity index (χ0) is 10.3. The SMILES string of the molecule is C=C=C.NS(=O)(=O)c1ccccc1. The summed E-state index contributed by atoms with van der Waals surface area (Å²) < 4.78 is 21.2. The standard InChI is InChI=1S/C6H7NO2S.C3H4/c7-10(8,9)6-4-2-1-3-5-6;1-3-2/h1-5H,(H2,7,8,9);1-2H2. The molecule has 1 aromatic rings. The topological polar surface area (TPSA) is 60.2 Å². The predicted octanol–water partition coefficient (Wildman–Crippen LogP) is 1.29. The molecule has 0 saturated carbocycles. The Morgan fingerprint density at radius 2 is 1.54 bits per heavy atom. The van der Waals surface area contributed by atoms with E-state index in [1.54, 1.807) is 18.2 Å². The van der Waals surface area contributed by atoms with Crippen LogP contribution in [0.4, 0.5) is 0 Å². The van der Waals surface area contributed by atoms with Crippen molar-refractivity contribution in [1.82, 2.24) is 0 Å². The molecule has 13 heavy (non-hydrogen) atoms. The van der Waals surface area contributed by atoms with Gasteiger partial charge in [0.2, 0.25) is 10.0 Å². The molecule has 0 spiro atoms. The first-order valence-electron chi connectivity index (χ1n) is 3.39. The van der Waals surface area contributed by atoms with Crippen LogP contribution in [0.2, 0.25) is 0 Å². The number of sulfonamides is 1. The van der Waals surface area contributed by atoms with Gasteiger partial charge in [0.1, 0.15) is 0 Å². The summed E-state index contributed by atoms with van der Waals surface area (Å²) in [7, 11) is -3.50. The second-order valence-electron chi connectivity index (χ2n) is 2.11.